The van der Waals surface area contributed by atoms with E-state index < -0.39 is 0 Å². The molecule has 0 aliphatic rings. The van der Waals surface area contributed by atoms with Crippen LogP contribution in [0.2, 0.25) is 6.55 Å². The van der Waals surface area contributed by atoms with Gasteiger partial charge in [0.2, 0.25) is 0 Å². The van der Waals surface area contributed by atoms with Crippen molar-refractivity contribution >= 4 is 15.8 Å². The average molecular weight is 371 g/mol. The van der Waals surface area contributed by atoms with Gasteiger partial charge in [-0.3, -0.25) is 0 Å². The third kappa shape index (κ3) is 24.1. The van der Waals surface area contributed by atoms with Gasteiger partial charge < -0.3 is 24.8 Å². The zero-order valence-electron chi connectivity index (χ0n) is 8.91. The second kappa shape index (κ2) is 18.0. The molecule has 0 bridgehead atoms. The molecule has 0 aromatic heterocycles. The Morgan fingerprint density at radius 1 is 0.875 bits per heavy atom. The first kappa shape index (κ1) is 21.9. The quantitative estimate of drug-likeness (QED) is 0.278. The molecule has 16 heavy (non-hydrogen) atoms. The Hall–Kier alpha value is 0.670. The van der Waals surface area contributed by atoms with Crippen LogP contribution in [0.25, 0.3) is 0 Å². The molecule has 0 saturated carbocycles. The predicted octanol–water partition coefficient (Wildman–Crippen LogP) is -2.29. The third-order valence-electron chi connectivity index (χ3n) is 1.11. The fraction of sp³-hybridized carbons (Fsp3) is 0.0909. The first-order valence-electron chi connectivity index (χ1n) is 4.27. The summed E-state index contributed by atoms with van der Waals surface area (Å²) in [4.78, 5) is 0. The zero-order chi connectivity index (χ0) is 10.6. The summed E-state index contributed by atoms with van der Waals surface area (Å²) in [5.41, 5.74) is 0. The molecule has 2 rings (SSSR count). The summed E-state index contributed by atoms with van der Waals surface area (Å²) in [5.74, 6) is 0. The molecular weight excluding hydrogens is 358 g/mol. The maximum absolute atomic E-state index is 5.42. The molecule has 0 spiro atoms. The summed E-state index contributed by atoms with van der Waals surface area (Å²) in [6, 6.07) is 20.0. The van der Waals surface area contributed by atoms with Crippen molar-refractivity contribution in [3.8, 4) is 0 Å². The van der Waals surface area contributed by atoms with Crippen molar-refractivity contribution in [2.75, 3.05) is 0 Å². The smallest absolute Gasteiger partial charge is 0.172 e. The van der Waals surface area contributed by atoms with Crippen LogP contribution in [0.5, 0.6) is 0 Å². The molecule has 2 aromatic rings. The van der Waals surface area contributed by atoms with Gasteiger partial charge in [0, 0.05) is 0 Å². The normalized spacial score (nSPS) is 6.75. The predicted molar refractivity (Wildman–Crippen MR) is 61.5 cm³/mol. The fourth-order valence-corrected chi connectivity index (χ4v) is 0.642. The number of rotatable bonds is 0. The third-order valence-corrected chi connectivity index (χ3v) is 1.11. The summed E-state index contributed by atoms with van der Waals surface area (Å²) < 4.78 is -0.317. The summed E-state index contributed by atoms with van der Waals surface area (Å²) in [6.07, 6.45) is 0. The maximum Gasteiger partial charge on any atom is -0.172 e. The van der Waals surface area contributed by atoms with Crippen LogP contribution in [0.3, 0.4) is 0 Å². The van der Waals surface area contributed by atoms with Crippen molar-refractivity contribution in [2.45, 2.75) is 6.55 Å². The van der Waals surface area contributed by atoms with E-state index in [1.54, 1.807) is 0 Å². The SMILES string of the molecule is C[Si](Cl)=[Zr+2].[Cl-].[Cl-].c1cc[cH-]c1.c1cc[cH-]c1. The van der Waals surface area contributed by atoms with Gasteiger partial charge in [-0.1, -0.05) is 0 Å². The van der Waals surface area contributed by atoms with Crippen LogP contribution in [0.15, 0.2) is 60.7 Å². The van der Waals surface area contributed by atoms with Crippen molar-refractivity contribution in [1.29, 1.82) is 0 Å². The molecule has 0 unspecified atom stereocenters. The largest absolute Gasteiger partial charge is 1.00 e. The summed E-state index contributed by atoms with van der Waals surface area (Å²) in [7, 11) is 0. The molecule has 88 valence electrons. The Morgan fingerprint density at radius 3 is 1.12 bits per heavy atom. The Bertz CT molecular complexity index is 228. The molecule has 0 radical (unpaired) electrons. The van der Waals surface area contributed by atoms with Crippen LogP contribution in [-0.2, 0) is 23.3 Å². The van der Waals surface area contributed by atoms with Gasteiger partial charge in [0.15, 0.2) is 0 Å². The van der Waals surface area contributed by atoms with Gasteiger partial charge in [-0.25, -0.2) is 24.3 Å². The van der Waals surface area contributed by atoms with Crippen molar-refractivity contribution in [2.24, 2.45) is 0 Å². The van der Waals surface area contributed by atoms with E-state index in [1.165, 1.54) is 23.3 Å². The number of hydrogen-bond acceptors (Lipinski definition) is 0. The van der Waals surface area contributed by atoms with Gasteiger partial charge in [-0.05, 0) is 0 Å². The molecule has 0 aliphatic carbocycles. The summed E-state index contributed by atoms with van der Waals surface area (Å²) >= 11 is 6.92. The molecule has 0 fully saturated rings. The molecule has 5 heteroatoms. The van der Waals surface area contributed by atoms with Crippen molar-refractivity contribution < 1.29 is 48.1 Å². The molecule has 0 amide bonds. The van der Waals surface area contributed by atoms with E-state index in [1.807, 2.05) is 60.7 Å². The molecule has 0 aliphatic heterocycles. The minimum absolute atomic E-state index is 0. The molecule has 0 heterocycles. The molecule has 0 N–H and O–H groups in total. The first-order chi connectivity index (χ1) is 6.73. The van der Waals surface area contributed by atoms with Crippen LogP contribution in [-0.4, -0.2) is 4.74 Å². The minimum Gasteiger partial charge on any atom is -1.00 e. The van der Waals surface area contributed by atoms with E-state index in [2.05, 4.69) is 6.55 Å². The molecule has 0 atom stereocenters. The molecule has 0 saturated heterocycles. The fourth-order valence-electron chi connectivity index (χ4n) is 0.642. The molecular formula is C11H13Cl3SiZr-2. The van der Waals surface area contributed by atoms with Crippen LogP contribution in [0.4, 0.5) is 0 Å². The van der Waals surface area contributed by atoms with E-state index in [4.69, 9.17) is 11.1 Å². The van der Waals surface area contributed by atoms with Crippen molar-refractivity contribution in [3.05, 3.63) is 60.7 Å². The zero-order valence-corrected chi connectivity index (χ0v) is 14.6. The van der Waals surface area contributed by atoms with Gasteiger partial charge >= 0.3 is 45.7 Å². The molecule has 2 aromatic carbocycles. The van der Waals surface area contributed by atoms with Gasteiger partial charge in [0.25, 0.3) is 0 Å². The minimum atomic E-state index is -0.317. The Labute approximate surface area is 130 Å². The van der Waals surface area contributed by atoms with Gasteiger partial charge in [0.1, 0.15) is 0 Å². The van der Waals surface area contributed by atoms with E-state index in [0.29, 0.717) is 0 Å². The van der Waals surface area contributed by atoms with E-state index in [0.717, 1.165) is 0 Å². The van der Waals surface area contributed by atoms with Crippen molar-refractivity contribution in [3.63, 3.8) is 0 Å². The Morgan fingerprint density at radius 2 is 1.06 bits per heavy atom. The van der Waals surface area contributed by atoms with Gasteiger partial charge in [-0.15, -0.1) is 0 Å². The second-order valence-corrected chi connectivity index (χ2v) is 13.1. The average Bonchev–Trinajstić information content (AvgIpc) is 2.83. The standard InChI is InChI=1S/2C5H5.CH3ClSi.2ClH.Zr/c2*1-2-4-5-3-1;1-3-2;;;/h2*1-5H;1H3;2*1H;/q2*-1;;;;+2/p-2. The van der Waals surface area contributed by atoms with Gasteiger partial charge in [0.05, 0.1) is 0 Å². The van der Waals surface area contributed by atoms with Crippen LogP contribution < -0.4 is 24.8 Å². The Kier molecular flexibility index (Phi) is 24.7. The van der Waals surface area contributed by atoms with Gasteiger partial charge in [-0.2, -0.15) is 36.4 Å². The number of halogens is 3. The van der Waals surface area contributed by atoms with E-state index >= 15 is 0 Å². The van der Waals surface area contributed by atoms with Crippen LogP contribution >= 0.6 is 11.1 Å². The monoisotopic (exact) mass is 368 g/mol. The molecule has 0 nitrogen and oxygen atoms in total. The van der Waals surface area contributed by atoms with E-state index in [9.17, 15) is 0 Å². The first-order valence-corrected chi connectivity index (χ1v) is 11.0. The van der Waals surface area contributed by atoms with Crippen LogP contribution in [0, 0.1) is 0 Å². The second-order valence-electron chi connectivity index (χ2n) is 2.46. The topological polar surface area (TPSA) is 0 Å². The van der Waals surface area contributed by atoms with Crippen molar-refractivity contribution in [1.82, 2.24) is 0 Å². The van der Waals surface area contributed by atoms with Crippen LogP contribution in [0.1, 0.15) is 0 Å². The summed E-state index contributed by atoms with van der Waals surface area (Å²) in [5, 5.41) is 0. The number of hydrogen-bond donors (Lipinski definition) is 0. The van der Waals surface area contributed by atoms with E-state index in [-0.39, 0.29) is 29.6 Å². The maximum atomic E-state index is 5.42. The summed E-state index contributed by atoms with van der Waals surface area (Å²) in [6.45, 7) is 2.07. The Balaban J connectivity index is -0.000000151.